The van der Waals surface area contributed by atoms with Crippen molar-refractivity contribution in [1.82, 2.24) is 4.90 Å². The zero-order valence-corrected chi connectivity index (χ0v) is 12.7. The van der Waals surface area contributed by atoms with Gasteiger partial charge in [-0.25, -0.2) is 0 Å². The topological polar surface area (TPSA) is 81.9 Å². The van der Waals surface area contributed by atoms with E-state index >= 15 is 0 Å². The third-order valence-electron chi connectivity index (χ3n) is 4.01. The normalized spacial score (nSPS) is 17.7. The molecule has 1 amide bonds. The molecule has 1 aromatic carbocycles. The van der Waals surface area contributed by atoms with Crippen LogP contribution in [0.25, 0.3) is 6.08 Å². The third kappa shape index (κ3) is 3.50. The summed E-state index contributed by atoms with van der Waals surface area (Å²) in [7, 11) is 0. The molecule has 2 heterocycles. The molecule has 0 radical (unpaired) electrons. The number of ether oxygens (including phenoxy) is 2. The highest BCUT2D eigenvalue weighted by Crippen LogP contribution is 2.33. The van der Waals surface area contributed by atoms with Gasteiger partial charge in [0.2, 0.25) is 5.91 Å². The van der Waals surface area contributed by atoms with Crippen LogP contribution < -0.4 is 4.74 Å². The van der Waals surface area contributed by atoms with Crippen molar-refractivity contribution in [3.8, 4) is 5.75 Å². The summed E-state index contributed by atoms with van der Waals surface area (Å²) in [4.78, 5) is 24.6. The van der Waals surface area contributed by atoms with Crippen molar-refractivity contribution in [3.63, 3.8) is 0 Å². The Labute approximate surface area is 133 Å². The molecule has 1 fully saturated rings. The van der Waals surface area contributed by atoms with E-state index in [1.807, 2.05) is 0 Å². The molecular weight excluding hydrogens is 300 g/mol. The van der Waals surface area contributed by atoms with E-state index in [9.17, 15) is 14.9 Å². The Kier molecular flexibility index (Phi) is 4.57. The van der Waals surface area contributed by atoms with Crippen molar-refractivity contribution >= 4 is 17.7 Å². The summed E-state index contributed by atoms with van der Waals surface area (Å²) in [5.41, 5.74) is 1.11. The number of nitrogens with zero attached hydrogens (tertiary/aromatic N) is 2. The van der Waals surface area contributed by atoms with E-state index < -0.39 is 4.92 Å². The van der Waals surface area contributed by atoms with E-state index in [0.717, 1.165) is 32.4 Å². The molecule has 23 heavy (non-hydrogen) atoms. The number of fused-ring (bicyclic) bond motifs is 1. The predicted octanol–water partition coefficient (Wildman–Crippen LogP) is 2.49. The molecule has 122 valence electrons. The molecule has 2 aliphatic rings. The fourth-order valence-electron chi connectivity index (χ4n) is 2.84. The summed E-state index contributed by atoms with van der Waals surface area (Å²) in [6.45, 7) is 1.89. The van der Waals surface area contributed by atoms with E-state index in [-0.39, 0.29) is 25.0 Å². The molecule has 7 nitrogen and oxygen atoms in total. The highest BCUT2D eigenvalue weighted by atomic mass is 16.7. The molecule has 0 unspecified atom stereocenters. The van der Waals surface area contributed by atoms with Crippen LogP contribution in [0, 0.1) is 10.1 Å². The molecule has 0 saturated carbocycles. The van der Waals surface area contributed by atoms with Crippen molar-refractivity contribution in [2.24, 2.45) is 0 Å². The molecule has 0 bridgehead atoms. The number of likely N-dealkylation sites (tertiary alicyclic amines) is 1. The van der Waals surface area contributed by atoms with Gasteiger partial charge in [-0.1, -0.05) is 0 Å². The Morgan fingerprint density at radius 2 is 2.04 bits per heavy atom. The van der Waals surface area contributed by atoms with E-state index in [0.29, 0.717) is 16.9 Å². The number of rotatable bonds is 3. The van der Waals surface area contributed by atoms with Crippen LogP contribution in [0.2, 0.25) is 0 Å². The number of hydrogen-bond donors (Lipinski definition) is 0. The summed E-state index contributed by atoms with van der Waals surface area (Å²) < 4.78 is 10.6. The lowest BCUT2D eigenvalue weighted by atomic mass is 10.1. The number of carbonyl (C=O) groups is 1. The quantitative estimate of drug-likeness (QED) is 0.486. The molecule has 0 N–H and O–H groups in total. The maximum Gasteiger partial charge on any atom is 0.270 e. The average Bonchev–Trinajstić information content (AvgIpc) is 2.59. The largest absolute Gasteiger partial charge is 0.467 e. The Morgan fingerprint density at radius 3 is 2.78 bits per heavy atom. The maximum atomic E-state index is 12.2. The first-order valence-electron chi connectivity index (χ1n) is 7.64. The Hall–Kier alpha value is -2.41. The van der Waals surface area contributed by atoms with Crippen molar-refractivity contribution in [2.45, 2.75) is 25.9 Å². The van der Waals surface area contributed by atoms with Gasteiger partial charge in [0.1, 0.15) is 5.75 Å². The molecule has 0 atom stereocenters. The van der Waals surface area contributed by atoms with E-state index in [1.54, 1.807) is 11.0 Å². The lowest BCUT2D eigenvalue weighted by Crippen LogP contribution is -2.34. The summed E-state index contributed by atoms with van der Waals surface area (Å²) >= 11 is 0. The van der Waals surface area contributed by atoms with Gasteiger partial charge >= 0.3 is 0 Å². The van der Waals surface area contributed by atoms with Gasteiger partial charge < -0.3 is 14.4 Å². The second-order valence-corrected chi connectivity index (χ2v) is 5.61. The molecule has 0 aromatic heterocycles. The Balaban J connectivity index is 1.85. The second-order valence-electron chi connectivity index (χ2n) is 5.61. The van der Waals surface area contributed by atoms with Crippen LogP contribution >= 0.6 is 0 Å². The molecule has 3 rings (SSSR count). The van der Waals surface area contributed by atoms with Crippen LogP contribution in [0.3, 0.4) is 0 Å². The van der Waals surface area contributed by atoms with Gasteiger partial charge in [-0.3, -0.25) is 14.9 Å². The number of non-ortho nitro benzene ring substituents is 1. The summed E-state index contributed by atoms with van der Waals surface area (Å²) in [5.74, 6) is 0.474. The van der Waals surface area contributed by atoms with Gasteiger partial charge in [0, 0.05) is 42.4 Å². The van der Waals surface area contributed by atoms with Gasteiger partial charge in [0.25, 0.3) is 5.69 Å². The van der Waals surface area contributed by atoms with Gasteiger partial charge in [0.15, 0.2) is 6.79 Å². The van der Waals surface area contributed by atoms with Crippen molar-refractivity contribution in [1.29, 1.82) is 0 Å². The third-order valence-corrected chi connectivity index (χ3v) is 4.01. The summed E-state index contributed by atoms with van der Waals surface area (Å²) in [6.07, 6.45) is 6.25. The number of carbonyl (C=O) groups excluding carboxylic acids is 1. The lowest BCUT2D eigenvalue weighted by molar-refractivity contribution is -0.385. The number of amides is 1. The molecule has 0 aliphatic carbocycles. The van der Waals surface area contributed by atoms with Crippen LogP contribution in [-0.2, 0) is 16.1 Å². The first kappa shape index (κ1) is 15.5. The minimum atomic E-state index is -0.460. The molecule has 2 aliphatic heterocycles. The zero-order chi connectivity index (χ0) is 16.2. The standard InChI is InChI=1S/C16H18N2O5/c19-15(17-6-2-1-3-7-17)5-4-12-8-14(18(20)21)9-13-10-22-11-23-16(12)13/h4-5,8-9H,1-3,6-7,10-11H2/b5-4+. The summed E-state index contributed by atoms with van der Waals surface area (Å²) in [6, 6.07) is 2.86. The monoisotopic (exact) mass is 318 g/mol. The molecule has 7 heteroatoms. The zero-order valence-electron chi connectivity index (χ0n) is 12.7. The minimum absolute atomic E-state index is 0.0390. The van der Waals surface area contributed by atoms with Crippen LogP contribution in [0.4, 0.5) is 5.69 Å². The highest BCUT2D eigenvalue weighted by Gasteiger charge is 2.20. The van der Waals surface area contributed by atoms with Gasteiger partial charge in [-0.15, -0.1) is 0 Å². The first-order valence-corrected chi connectivity index (χ1v) is 7.64. The molecule has 1 aromatic rings. The van der Waals surface area contributed by atoms with Gasteiger partial charge in [-0.2, -0.15) is 0 Å². The predicted molar refractivity (Wildman–Crippen MR) is 82.8 cm³/mol. The number of nitro benzene ring substituents is 1. The SMILES string of the molecule is O=C(/C=C/c1cc([N+](=O)[O-])cc2c1OCOC2)N1CCCCC1. The number of hydrogen-bond acceptors (Lipinski definition) is 5. The molecular formula is C16H18N2O5. The fourth-order valence-corrected chi connectivity index (χ4v) is 2.84. The fraction of sp³-hybridized carbons (Fsp3) is 0.438. The Morgan fingerprint density at radius 1 is 1.26 bits per heavy atom. The van der Waals surface area contributed by atoms with Crippen LogP contribution in [0.15, 0.2) is 18.2 Å². The first-order chi connectivity index (χ1) is 11.1. The molecule has 0 spiro atoms. The second kappa shape index (κ2) is 6.78. The van der Waals surface area contributed by atoms with Crippen molar-refractivity contribution in [2.75, 3.05) is 19.9 Å². The van der Waals surface area contributed by atoms with E-state index in [2.05, 4.69) is 0 Å². The summed E-state index contributed by atoms with van der Waals surface area (Å²) in [5, 5.41) is 11.0. The average molecular weight is 318 g/mol. The molecule has 1 saturated heterocycles. The van der Waals surface area contributed by atoms with Gasteiger partial charge in [0.05, 0.1) is 11.5 Å². The minimum Gasteiger partial charge on any atom is -0.467 e. The van der Waals surface area contributed by atoms with Crippen LogP contribution in [-0.4, -0.2) is 35.6 Å². The maximum absolute atomic E-state index is 12.2. The smallest absolute Gasteiger partial charge is 0.270 e. The number of piperidine rings is 1. The number of nitro groups is 1. The van der Waals surface area contributed by atoms with Crippen LogP contribution in [0.1, 0.15) is 30.4 Å². The number of benzene rings is 1. The van der Waals surface area contributed by atoms with Crippen LogP contribution in [0.5, 0.6) is 5.75 Å². The van der Waals surface area contributed by atoms with E-state index in [1.165, 1.54) is 18.2 Å². The van der Waals surface area contributed by atoms with Crippen molar-refractivity contribution in [3.05, 3.63) is 39.4 Å². The lowest BCUT2D eigenvalue weighted by Gasteiger charge is -2.25. The Bertz CT molecular complexity index is 650. The highest BCUT2D eigenvalue weighted by molar-refractivity contribution is 5.92. The van der Waals surface area contributed by atoms with E-state index in [4.69, 9.17) is 9.47 Å². The van der Waals surface area contributed by atoms with Gasteiger partial charge in [-0.05, 0) is 25.3 Å². The van der Waals surface area contributed by atoms with Crippen molar-refractivity contribution < 1.29 is 19.2 Å².